The molecule has 0 saturated heterocycles. The average Bonchev–Trinajstić information content (AvgIpc) is 3.08. The van der Waals surface area contributed by atoms with Crippen LogP contribution in [0, 0.1) is 105 Å². The van der Waals surface area contributed by atoms with E-state index in [4.69, 9.17) is 68.8 Å². The van der Waals surface area contributed by atoms with E-state index in [-0.39, 0.29) is 87.8 Å². The van der Waals surface area contributed by atoms with Crippen molar-refractivity contribution in [3.63, 3.8) is 0 Å². The van der Waals surface area contributed by atoms with Crippen molar-refractivity contribution in [1.29, 1.82) is 0 Å². The van der Waals surface area contributed by atoms with Gasteiger partial charge in [-0.3, -0.25) is 0 Å². The fourth-order valence-corrected chi connectivity index (χ4v) is 0.458. The molecule has 0 aromatic rings. The monoisotopic (exact) mass is 795 g/mol. The van der Waals surface area contributed by atoms with Gasteiger partial charge in [-0.15, -0.1) is 12.8 Å². The molecule has 44 heavy (non-hydrogen) atoms. The van der Waals surface area contributed by atoms with E-state index in [0.717, 1.165) is 18.4 Å². The van der Waals surface area contributed by atoms with Crippen LogP contribution < -0.4 is 0 Å². The smallest absolute Gasteiger partial charge is 0 e. The molecule has 0 N–H and O–H groups in total. The predicted octanol–water partition coefficient (Wildman–Crippen LogP) is 0.128. The Hall–Kier alpha value is -3.36. The molecule has 0 unspecified atom stereocenters. The van der Waals surface area contributed by atoms with Crippen molar-refractivity contribution in [3.8, 4) is 24.7 Å². The maximum atomic E-state index is 10.7. The van der Waals surface area contributed by atoms with Crippen LogP contribution in [0.1, 0.15) is 6.92 Å². The second kappa shape index (κ2) is 437. The van der Waals surface area contributed by atoms with Crippen LogP contribution in [0.15, 0.2) is 12.2 Å². The summed E-state index contributed by atoms with van der Waals surface area (Å²) in [5, 5.41) is 0. The number of hydrogen-bond acceptors (Lipinski definition) is 5. The summed E-state index contributed by atoms with van der Waals surface area (Å²) in [6.07, 6.45) is 12.2. The Morgan fingerprint density at radius 3 is 0.727 bits per heavy atom. The first kappa shape index (κ1) is 125. The summed E-state index contributed by atoms with van der Waals surface area (Å²) in [5.74, 6) is 2.79. The normalized spacial score (nSPS) is 3.57. The number of ether oxygens (including phenoxy) is 2. The minimum absolute atomic E-state index is 0. The molecule has 0 amide bonds. The van der Waals surface area contributed by atoms with Crippen molar-refractivity contribution in [2.75, 3.05) is 13.2 Å². The molecule has 16 nitrogen and oxygen atoms in total. The Labute approximate surface area is 296 Å². The molecular weight excluding hydrogens is 780 g/mol. The third-order valence-electron chi connectivity index (χ3n) is 0.951. The molecule has 0 aliphatic rings. The number of aldehydes is 1. The van der Waals surface area contributed by atoms with Crippen LogP contribution in [0.2, 0.25) is 0 Å². The van der Waals surface area contributed by atoms with Gasteiger partial charge in [0.05, 0.1) is 0 Å². The van der Waals surface area contributed by atoms with Gasteiger partial charge in [0, 0.05) is 79.3 Å². The Morgan fingerprint density at radius 1 is 0.523 bits per heavy atom. The van der Waals surface area contributed by atoms with E-state index in [2.05, 4.69) is 94.5 Å². The first-order chi connectivity index (χ1) is 19.1. The van der Waals surface area contributed by atoms with Gasteiger partial charge in [-0.25, -0.2) is 9.59 Å². The van der Waals surface area contributed by atoms with E-state index in [1.54, 1.807) is 0 Å². The molecule has 0 saturated carbocycles. The van der Waals surface area contributed by atoms with Crippen LogP contribution in [0.5, 0.6) is 0 Å². The van der Waals surface area contributed by atoms with Gasteiger partial charge in [0.25, 0.3) is 0 Å². The van der Waals surface area contributed by atoms with Crippen molar-refractivity contribution < 1.29 is 142 Å². The number of carbonyl (C=O) groups is 3. The van der Waals surface area contributed by atoms with E-state index in [1.807, 2.05) is 0 Å². The van der Waals surface area contributed by atoms with Crippen molar-refractivity contribution in [1.82, 2.24) is 0 Å². The molecule has 4 radical (unpaired) electrons. The van der Waals surface area contributed by atoms with Gasteiger partial charge in [0.15, 0.2) is 13.2 Å². The van der Waals surface area contributed by atoms with Crippen LogP contribution in [0.4, 0.5) is 0 Å². The van der Waals surface area contributed by atoms with Gasteiger partial charge >= 0.3 is 136 Å². The maximum absolute atomic E-state index is 10.7. The van der Waals surface area contributed by atoms with Gasteiger partial charge in [-0.05, 0) is 6.92 Å². The van der Waals surface area contributed by atoms with Gasteiger partial charge < -0.3 is 21.7 Å². The van der Waals surface area contributed by atoms with E-state index < -0.39 is 11.9 Å². The van der Waals surface area contributed by atoms with E-state index >= 15 is 0 Å². The van der Waals surface area contributed by atoms with Crippen molar-refractivity contribution >= 4 is 18.2 Å². The number of rotatable bonds is 4. The third kappa shape index (κ3) is 589. The van der Waals surface area contributed by atoms with Gasteiger partial charge in [-0.1, -0.05) is 11.8 Å². The first-order valence-corrected chi connectivity index (χ1v) is 6.65. The van der Waals surface area contributed by atoms with E-state index in [0.29, 0.717) is 0 Å². The number of hydrogen-bond donors (Lipinski definition) is 0. The number of terminal acetylenes is 2. The second-order valence-corrected chi connectivity index (χ2v) is 2.19. The zero-order chi connectivity index (χ0) is 35.5. The quantitative estimate of drug-likeness (QED) is 0.0955. The third-order valence-corrected chi connectivity index (χ3v) is 0.951. The Bertz CT molecular complexity index is 670. The van der Waals surface area contributed by atoms with E-state index in [1.165, 1.54) is 6.92 Å². The summed E-state index contributed by atoms with van der Waals surface area (Å²) in [6, 6.07) is 0. The summed E-state index contributed by atoms with van der Waals surface area (Å²) in [4.78, 5) is 30.3. The molecule has 0 bridgehead atoms. The fourth-order valence-electron chi connectivity index (χ4n) is 0.458. The molecule has 20 heteroatoms. The molecule has 0 heterocycles. The SMILES string of the molecule is C#CCOC(=O)/C=C/C(=O)OCC#C.CC=O.[C-]#[O+].[C-]#[O+].[C-]#[O+].[C-]#[O+].[C-]#[O+].[C-]#[O+].[C-]#[O+].[C-]#[O+].[C-]#[O+].[C-]#[O+].[C-]#[O+].[CH3-].[Co].[Co].[Co].[Co]. The zero-order valence-electron chi connectivity index (χ0n) is 21.7. The molecule has 0 fully saturated rings. The van der Waals surface area contributed by atoms with Gasteiger partial charge in [0.2, 0.25) is 0 Å². The molecule has 0 aromatic heterocycles. The van der Waals surface area contributed by atoms with E-state index in [9.17, 15) is 9.59 Å². The average molecular weight is 795 g/mol. The standard InChI is InChI=1S/C10H8O4.C2H4O.11CO.CH3.4Co/c1-3-7-13-9(11)5-6-10(12)14-8-4-2;1-2-3;11*1-2;;;;;/h1-2,5-6H,7-8H2;2H,1H3;;;;;;;;;;;;1H3;;;;/q;;;;;;;;;;;;;-1;;;;/b6-5+;;;;;;;;;;;;;;;;;. The van der Waals surface area contributed by atoms with Crippen molar-refractivity contribution in [2.45, 2.75) is 6.92 Å². The maximum Gasteiger partial charge on any atom is 0 e. The summed E-state index contributed by atoms with van der Waals surface area (Å²) >= 11 is 0. The van der Waals surface area contributed by atoms with Gasteiger partial charge in [0.1, 0.15) is 6.29 Å². The second-order valence-electron chi connectivity index (χ2n) is 2.19. The molecule has 0 aliphatic carbocycles. The number of esters is 2. The Kier molecular flexibility index (Phi) is 1240. The molecule has 0 rings (SSSR count). The van der Waals surface area contributed by atoms with Crippen LogP contribution >= 0.6 is 0 Å². The molecule has 0 aromatic carbocycles. The van der Waals surface area contributed by atoms with Crippen molar-refractivity contribution in [3.05, 3.63) is 92.7 Å². The fraction of sp³-hybridized carbons (Fsp3) is 0.125. The van der Waals surface area contributed by atoms with Crippen LogP contribution in [-0.2, 0) is 142 Å². The first-order valence-electron chi connectivity index (χ1n) is 6.65. The zero-order valence-corrected chi connectivity index (χ0v) is 25.8. The summed E-state index contributed by atoms with van der Waals surface area (Å²) in [7, 11) is 0. The molecule has 0 aliphatic heterocycles. The van der Waals surface area contributed by atoms with Crippen LogP contribution in [0.25, 0.3) is 0 Å². The van der Waals surface area contributed by atoms with Crippen molar-refractivity contribution in [2.24, 2.45) is 0 Å². The Balaban J connectivity index is -0.0000000121. The van der Waals surface area contributed by atoms with Crippen LogP contribution in [-0.4, -0.2) is 31.4 Å². The molecular formula is C24H15Co4O16-. The predicted molar refractivity (Wildman–Crippen MR) is 110 cm³/mol. The number of carbonyl (C=O) groups excluding carboxylic acids is 3. The summed E-state index contributed by atoms with van der Waals surface area (Å²) in [5.41, 5.74) is 0. The topological polar surface area (TPSA) is 289 Å². The molecule has 244 valence electrons. The minimum atomic E-state index is -0.708. The molecule has 0 spiro atoms. The Morgan fingerprint density at radius 2 is 0.636 bits per heavy atom. The minimum Gasteiger partial charge on any atom is -0.358 e. The molecule has 0 atom stereocenters. The largest absolute Gasteiger partial charge is 0.358 e. The summed E-state index contributed by atoms with van der Waals surface area (Å²) < 4.78 is 91.4. The van der Waals surface area contributed by atoms with Crippen LogP contribution in [0.3, 0.4) is 0 Å². The van der Waals surface area contributed by atoms with Gasteiger partial charge in [-0.2, -0.15) is 0 Å². The summed E-state index contributed by atoms with van der Waals surface area (Å²) in [6.45, 7) is 50.7.